The Morgan fingerprint density at radius 2 is 2.00 bits per heavy atom. The lowest BCUT2D eigenvalue weighted by Crippen LogP contribution is -2.37. The smallest absolute Gasteiger partial charge is 0.234 e. The van der Waals surface area contributed by atoms with Gasteiger partial charge in [-0.05, 0) is 32.9 Å². The van der Waals surface area contributed by atoms with Gasteiger partial charge in [0.15, 0.2) is 0 Å². The summed E-state index contributed by atoms with van der Waals surface area (Å²) in [5, 5.41) is 6.01. The van der Waals surface area contributed by atoms with E-state index in [0.29, 0.717) is 13.1 Å². The van der Waals surface area contributed by atoms with Crippen molar-refractivity contribution in [3.05, 3.63) is 48.0 Å². The summed E-state index contributed by atoms with van der Waals surface area (Å²) in [4.78, 5) is 16.0. The maximum Gasteiger partial charge on any atom is 0.234 e. The molecule has 5 heteroatoms. The van der Waals surface area contributed by atoms with E-state index in [0.717, 1.165) is 17.2 Å². The molecule has 0 atom stereocenters. The maximum atomic E-state index is 11.6. The summed E-state index contributed by atoms with van der Waals surface area (Å²) in [6, 6.07) is 10.2. The second kappa shape index (κ2) is 7.04. The van der Waals surface area contributed by atoms with Crippen LogP contribution in [-0.2, 0) is 11.3 Å². The molecule has 1 aromatic carbocycles. The van der Waals surface area contributed by atoms with Crippen LogP contribution in [0, 0.1) is 6.92 Å². The standard InChI is InChI=1S/C16H22N4O/c1-12(2)19-16(21)11-17-9-15-10-18-13(3)20(15)14-7-5-4-6-8-14/h4-8,10,12,17H,9,11H2,1-3H3,(H,19,21). The van der Waals surface area contributed by atoms with Crippen LogP contribution in [0.25, 0.3) is 5.69 Å². The largest absolute Gasteiger partial charge is 0.353 e. The van der Waals surface area contributed by atoms with Crippen LogP contribution in [0.3, 0.4) is 0 Å². The molecule has 2 rings (SSSR count). The number of hydrogen-bond acceptors (Lipinski definition) is 3. The van der Waals surface area contributed by atoms with Gasteiger partial charge in [0.05, 0.1) is 18.4 Å². The summed E-state index contributed by atoms with van der Waals surface area (Å²) in [5.41, 5.74) is 2.12. The number of carbonyl (C=O) groups excluding carboxylic acids is 1. The minimum atomic E-state index is 0.00694. The van der Waals surface area contributed by atoms with Gasteiger partial charge in [0.2, 0.25) is 5.91 Å². The van der Waals surface area contributed by atoms with E-state index >= 15 is 0 Å². The Morgan fingerprint density at radius 3 is 2.67 bits per heavy atom. The quantitative estimate of drug-likeness (QED) is 0.851. The average Bonchev–Trinajstić information content (AvgIpc) is 2.80. The predicted molar refractivity (Wildman–Crippen MR) is 83.3 cm³/mol. The van der Waals surface area contributed by atoms with Crippen molar-refractivity contribution in [1.82, 2.24) is 20.2 Å². The number of hydrogen-bond donors (Lipinski definition) is 2. The van der Waals surface area contributed by atoms with E-state index in [2.05, 4.69) is 20.2 Å². The van der Waals surface area contributed by atoms with Gasteiger partial charge in [-0.3, -0.25) is 9.36 Å². The first kappa shape index (κ1) is 15.3. The molecule has 0 saturated carbocycles. The molecule has 112 valence electrons. The van der Waals surface area contributed by atoms with E-state index in [1.54, 1.807) is 0 Å². The van der Waals surface area contributed by atoms with Crippen molar-refractivity contribution in [2.24, 2.45) is 0 Å². The fourth-order valence-corrected chi connectivity index (χ4v) is 2.22. The molecule has 1 heterocycles. The Balaban J connectivity index is 2.01. The second-order valence-electron chi connectivity index (χ2n) is 5.29. The highest BCUT2D eigenvalue weighted by Gasteiger charge is 2.09. The van der Waals surface area contributed by atoms with Crippen LogP contribution < -0.4 is 10.6 Å². The van der Waals surface area contributed by atoms with E-state index < -0.39 is 0 Å². The fourth-order valence-electron chi connectivity index (χ4n) is 2.22. The van der Waals surface area contributed by atoms with Crippen LogP contribution in [-0.4, -0.2) is 28.0 Å². The Morgan fingerprint density at radius 1 is 1.29 bits per heavy atom. The van der Waals surface area contributed by atoms with Crippen LogP contribution in [0.2, 0.25) is 0 Å². The molecule has 0 fully saturated rings. The molecule has 0 radical (unpaired) electrons. The fraction of sp³-hybridized carbons (Fsp3) is 0.375. The number of nitrogens with zero attached hydrogens (tertiary/aromatic N) is 2. The molecule has 1 aromatic heterocycles. The number of amides is 1. The number of para-hydroxylation sites is 1. The zero-order valence-corrected chi connectivity index (χ0v) is 12.8. The second-order valence-corrected chi connectivity index (χ2v) is 5.29. The molecular weight excluding hydrogens is 264 g/mol. The highest BCUT2D eigenvalue weighted by atomic mass is 16.1. The summed E-state index contributed by atoms with van der Waals surface area (Å²) in [6.07, 6.45) is 1.84. The molecule has 2 aromatic rings. The summed E-state index contributed by atoms with van der Waals surface area (Å²) >= 11 is 0. The normalized spacial score (nSPS) is 10.9. The van der Waals surface area contributed by atoms with Gasteiger partial charge in [-0.2, -0.15) is 0 Å². The molecular formula is C16H22N4O. The van der Waals surface area contributed by atoms with Crippen molar-refractivity contribution in [3.63, 3.8) is 0 Å². The molecule has 5 nitrogen and oxygen atoms in total. The van der Waals surface area contributed by atoms with Gasteiger partial charge in [0.1, 0.15) is 5.82 Å². The molecule has 0 saturated heterocycles. The molecule has 0 aliphatic rings. The lowest BCUT2D eigenvalue weighted by Gasteiger charge is -2.12. The summed E-state index contributed by atoms with van der Waals surface area (Å²) in [6.45, 7) is 6.78. The first-order valence-electron chi connectivity index (χ1n) is 7.16. The minimum absolute atomic E-state index is 0.00694. The van der Waals surface area contributed by atoms with Crippen molar-refractivity contribution < 1.29 is 4.79 Å². The average molecular weight is 286 g/mol. The van der Waals surface area contributed by atoms with Crippen LogP contribution >= 0.6 is 0 Å². The van der Waals surface area contributed by atoms with Crippen molar-refractivity contribution in [1.29, 1.82) is 0 Å². The van der Waals surface area contributed by atoms with Gasteiger partial charge in [-0.25, -0.2) is 4.98 Å². The first-order valence-corrected chi connectivity index (χ1v) is 7.16. The molecule has 0 spiro atoms. The van der Waals surface area contributed by atoms with Crippen LogP contribution in [0.4, 0.5) is 0 Å². The number of benzene rings is 1. The number of nitrogens with one attached hydrogen (secondary N) is 2. The van der Waals surface area contributed by atoms with Crippen LogP contribution in [0.5, 0.6) is 0 Å². The number of imidazole rings is 1. The Hall–Kier alpha value is -2.14. The Labute approximate surface area is 125 Å². The van der Waals surface area contributed by atoms with Crippen molar-refractivity contribution in [3.8, 4) is 5.69 Å². The Bertz CT molecular complexity index is 590. The monoisotopic (exact) mass is 286 g/mol. The maximum absolute atomic E-state index is 11.6. The number of carbonyl (C=O) groups is 1. The predicted octanol–water partition coefficient (Wildman–Crippen LogP) is 1.79. The van der Waals surface area contributed by atoms with Crippen molar-refractivity contribution in [2.75, 3.05) is 6.54 Å². The number of aryl methyl sites for hydroxylation is 1. The van der Waals surface area contributed by atoms with E-state index in [-0.39, 0.29) is 11.9 Å². The lowest BCUT2D eigenvalue weighted by atomic mass is 10.3. The summed E-state index contributed by atoms with van der Waals surface area (Å²) < 4.78 is 2.09. The zero-order chi connectivity index (χ0) is 15.2. The highest BCUT2D eigenvalue weighted by Crippen LogP contribution is 2.14. The van der Waals surface area contributed by atoms with Crippen LogP contribution in [0.15, 0.2) is 36.5 Å². The van der Waals surface area contributed by atoms with E-state index in [9.17, 15) is 4.79 Å². The molecule has 0 aliphatic carbocycles. The van der Waals surface area contributed by atoms with E-state index in [4.69, 9.17) is 0 Å². The van der Waals surface area contributed by atoms with Gasteiger partial charge in [-0.15, -0.1) is 0 Å². The van der Waals surface area contributed by atoms with Crippen LogP contribution in [0.1, 0.15) is 25.4 Å². The third-order valence-corrected chi connectivity index (χ3v) is 3.07. The van der Waals surface area contributed by atoms with Gasteiger partial charge in [0.25, 0.3) is 0 Å². The zero-order valence-electron chi connectivity index (χ0n) is 12.8. The SMILES string of the molecule is Cc1ncc(CNCC(=O)NC(C)C)n1-c1ccccc1. The topological polar surface area (TPSA) is 59.0 Å². The minimum Gasteiger partial charge on any atom is -0.353 e. The summed E-state index contributed by atoms with van der Waals surface area (Å²) in [5.74, 6) is 0.942. The lowest BCUT2D eigenvalue weighted by molar-refractivity contribution is -0.120. The third-order valence-electron chi connectivity index (χ3n) is 3.07. The van der Waals surface area contributed by atoms with Crippen molar-refractivity contribution in [2.45, 2.75) is 33.4 Å². The third kappa shape index (κ3) is 4.16. The van der Waals surface area contributed by atoms with Gasteiger partial charge >= 0.3 is 0 Å². The Kier molecular flexibility index (Phi) is 5.11. The molecule has 21 heavy (non-hydrogen) atoms. The number of aromatic nitrogens is 2. The van der Waals surface area contributed by atoms with Gasteiger partial charge < -0.3 is 10.6 Å². The molecule has 1 amide bonds. The molecule has 0 bridgehead atoms. The van der Waals surface area contributed by atoms with E-state index in [1.165, 1.54) is 0 Å². The molecule has 2 N–H and O–H groups in total. The molecule has 0 unspecified atom stereocenters. The van der Waals surface area contributed by atoms with Gasteiger partial charge in [0, 0.05) is 18.3 Å². The number of rotatable bonds is 6. The summed E-state index contributed by atoms with van der Waals surface area (Å²) in [7, 11) is 0. The first-order chi connectivity index (χ1) is 10.1. The highest BCUT2D eigenvalue weighted by molar-refractivity contribution is 5.78. The molecule has 0 aliphatic heterocycles. The van der Waals surface area contributed by atoms with Gasteiger partial charge in [-0.1, -0.05) is 18.2 Å². The van der Waals surface area contributed by atoms with E-state index in [1.807, 2.05) is 57.3 Å². The van der Waals surface area contributed by atoms with Crippen molar-refractivity contribution >= 4 is 5.91 Å².